The minimum Gasteiger partial charge on any atom is -0.493 e. The van der Waals surface area contributed by atoms with Gasteiger partial charge in [-0.1, -0.05) is 22.9 Å². The van der Waals surface area contributed by atoms with Gasteiger partial charge >= 0.3 is 0 Å². The van der Waals surface area contributed by atoms with Crippen LogP contribution in [0.15, 0.2) is 32.6 Å². The normalized spacial score (nSPS) is 10.8. The molecule has 0 atom stereocenters. The van der Waals surface area contributed by atoms with Crippen molar-refractivity contribution in [3.05, 3.63) is 44.3 Å². The van der Waals surface area contributed by atoms with Crippen LogP contribution in [0.2, 0.25) is 0 Å². The number of ether oxygens (including phenoxy) is 2. The second-order valence-corrected chi connectivity index (χ2v) is 5.46. The highest BCUT2D eigenvalue weighted by Gasteiger charge is 2.10. The summed E-state index contributed by atoms with van der Waals surface area (Å²) in [6.07, 6.45) is 2.23. The van der Waals surface area contributed by atoms with Gasteiger partial charge in [-0.25, -0.2) is 10.4 Å². The molecule has 0 aliphatic heterocycles. The molecule has 0 radical (unpaired) electrons. The van der Waals surface area contributed by atoms with Crippen LogP contribution in [0.25, 0.3) is 0 Å². The number of hydrazone groups is 1. The molecular formula is C15H17BrN4O3. The number of nitrogens with one attached hydrogen (secondary N) is 2. The summed E-state index contributed by atoms with van der Waals surface area (Å²) in [7, 11) is 3.12. The minimum absolute atomic E-state index is 0.226. The van der Waals surface area contributed by atoms with E-state index in [2.05, 4.69) is 36.4 Å². The molecule has 1 heterocycles. The van der Waals surface area contributed by atoms with Crippen molar-refractivity contribution >= 4 is 28.1 Å². The molecule has 0 saturated heterocycles. The maximum atomic E-state index is 11.5. The van der Waals surface area contributed by atoms with E-state index in [0.717, 1.165) is 4.47 Å². The number of hydrogen-bond donors (Lipinski definition) is 2. The number of aromatic nitrogens is 2. The van der Waals surface area contributed by atoms with Crippen LogP contribution in [0, 0.1) is 0 Å². The first-order chi connectivity index (χ1) is 11.1. The fourth-order valence-electron chi connectivity index (χ4n) is 1.96. The molecule has 2 aromatic rings. The molecule has 0 fully saturated rings. The molecule has 2 rings (SSSR count). The SMILES string of the molecule is CCc1cc(=O)[nH]c(N/N=C\c2cc(Br)cc(OC)c2OC)n1. The van der Waals surface area contributed by atoms with Gasteiger partial charge in [-0.05, 0) is 18.6 Å². The molecular weight excluding hydrogens is 364 g/mol. The number of rotatable bonds is 6. The van der Waals surface area contributed by atoms with Gasteiger partial charge in [-0.3, -0.25) is 9.78 Å². The lowest BCUT2D eigenvalue weighted by Crippen LogP contribution is -2.11. The lowest BCUT2D eigenvalue weighted by Gasteiger charge is -2.10. The second-order valence-electron chi connectivity index (χ2n) is 4.54. The fraction of sp³-hybridized carbons (Fsp3) is 0.267. The summed E-state index contributed by atoms with van der Waals surface area (Å²) in [5.74, 6) is 1.43. The monoisotopic (exact) mass is 380 g/mol. The highest BCUT2D eigenvalue weighted by molar-refractivity contribution is 9.10. The fourth-order valence-corrected chi connectivity index (χ4v) is 2.41. The molecule has 8 heteroatoms. The van der Waals surface area contributed by atoms with Gasteiger partial charge in [0.2, 0.25) is 5.95 Å². The molecule has 1 aromatic carbocycles. The predicted molar refractivity (Wildman–Crippen MR) is 92.7 cm³/mol. The molecule has 23 heavy (non-hydrogen) atoms. The summed E-state index contributed by atoms with van der Waals surface area (Å²) in [6.45, 7) is 1.92. The van der Waals surface area contributed by atoms with E-state index in [9.17, 15) is 4.79 Å². The Morgan fingerprint density at radius 1 is 1.35 bits per heavy atom. The Morgan fingerprint density at radius 3 is 2.78 bits per heavy atom. The Labute approximate surface area is 141 Å². The van der Waals surface area contributed by atoms with E-state index >= 15 is 0 Å². The number of aryl methyl sites for hydroxylation is 1. The van der Waals surface area contributed by atoms with Crippen LogP contribution >= 0.6 is 15.9 Å². The highest BCUT2D eigenvalue weighted by atomic mass is 79.9. The molecule has 122 valence electrons. The number of aromatic amines is 1. The zero-order chi connectivity index (χ0) is 16.8. The van der Waals surface area contributed by atoms with Gasteiger partial charge in [-0.2, -0.15) is 5.10 Å². The standard InChI is InChI=1S/C15H17BrN4O3/c1-4-11-7-13(21)19-15(18-11)20-17-8-9-5-10(16)6-12(22-2)14(9)23-3/h5-8H,4H2,1-3H3,(H2,18,19,20,21)/b17-8-. The summed E-state index contributed by atoms with van der Waals surface area (Å²) in [5, 5.41) is 4.09. The lowest BCUT2D eigenvalue weighted by molar-refractivity contribution is 0.354. The first kappa shape index (κ1) is 17.0. The maximum absolute atomic E-state index is 11.5. The first-order valence-corrected chi connectivity index (χ1v) is 7.67. The van der Waals surface area contributed by atoms with Crippen molar-refractivity contribution in [1.29, 1.82) is 0 Å². The summed E-state index contributed by atoms with van der Waals surface area (Å²) < 4.78 is 11.4. The third-order valence-corrected chi connectivity index (χ3v) is 3.46. The van der Waals surface area contributed by atoms with E-state index in [1.54, 1.807) is 26.5 Å². The Morgan fingerprint density at radius 2 is 2.13 bits per heavy atom. The van der Waals surface area contributed by atoms with Crippen molar-refractivity contribution in [3.63, 3.8) is 0 Å². The summed E-state index contributed by atoms with van der Waals surface area (Å²) in [4.78, 5) is 18.3. The molecule has 0 spiro atoms. The zero-order valence-electron chi connectivity index (χ0n) is 13.0. The molecule has 0 bridgehead atoms. The molecule has 0 aliphatic carbocycles. The zero-order valence-corrected chi connectivity index (χ0v) is 14.6. The third kappa shape index (κ3) is 4.32. The van der Waals surface area contributed by atoms with E-state index in [4.69, 9.17) is 9.47 Å². The number of nitrogens with zero attached hydrogens (tertiary/aromatic N) is 2. The topological polar surface area (TPSA) is 88.6 Å². The quantitative estimate of drug-likeness (QED) is 0.593. The van der Waals surface area contributed by atoms with Crippen LogP contribution in [0.3, 0.4) is 0 Å². The smallest absolute Gasteiger partial charge is 0.252 e. The largest absolute Gasteiger partial charge is 0.493 e. The number of hydrogen-bond acceptors (Lipinski definition) is 6. The van der Waals surface area contributed by atoms with Crippen molar-refractivity contribution in [2.75, 3.05) is 19.6 Å². The Bertz CT molecular complexity index is 774. The molecule has 0 amide bonds. The average molecular weight is 381 g/mol. The van der Waals surface area contributed by atoms with Gasteiger partial charge in [-0.15, -0.1) is 0 Å². The third-order valence-electron chi connectivity index (χ3n) is 3.00. The van der Waals surface area contributed by atoms with Gasteiger partial charge in [0.05, 0.1) is 20.4 Å². The van der Waals surface area contributed by atoms with Gasteiger partial charge in [0, 0.05) is 21.8 Å². The number of anilines is 1. The van der Waals surface area contributed by atoms with E-state index in [1.807, 2.05) is 13.0 Å². The highest BCUT2D eigenvalue weighted by Crippen LogP contribution is 2.33. The Balaban J connectivity index is 2.25. The van der Waals surface area contributed by atoms with Crippen LogP contribution in [-0.2, 0) is 6.42 Å². The van der Waals surface area contributed by atoms with Crippen molar-refractivity contribution < 1.29 is 9.47 Å². The summed E-state index contributed by atoms with van der Waals surface area (Å²) >= 11 is 3.40. The number of benzene rings is 1. The average Bonchev–Trinajstić information content (AvgIpc) is 2.53. The predicted octanol–water partition coefficient (Wildman–Crippen LogP) is 2.56. The molecule has 0 saturated carbocycles. The maximum Gasteiger partial charge on any atom is 0.252 e. The van der Waals surface area contributed by atoms with Crippen LogP contribution in [0.5, 0.6) is 11.5 Å². The number of methoxy groups -OCH3 is 2. The van der Waals surface area contributed by atoms with Crippen molar-refractivity contribution in [3.8, 4) is 11.5 Å². The van der Waals surface area contributed by atoms with Gasteiger partial charge < -0.3 is 9.47 Å². The van der Waals surface area contributed by atoms with E-state index in [-0.39, 0.29) is 11.5 Å². The summed E-state index contributed by atoms with van der Waals surface area (Å²) in [5.41, 5.74) is 3.88. The van der Waals surface area contributed by atoms with Crippen molar-refractivity contribution in [1.82, 2.24) is 9.97 Å². The van der Waals surface area contributed by atoms with E-state index < -0.39 is 0 Å². The van der Waals surface area contributed by atoms with Crippen LogP contribution in [0.4, 0.5) is 5.95 Å². The molecule has 2 N–H and O–H groups in total. The molecule has 0 aliphatic rings. The lowest BCUT2D eigenvalue weighted by atomic mass is 10.2. The van der Waals surface area contributed by atoms with Gasteiger partial charge in [0.25, 0.3) is 5.56 Å². The van der Waals surface area contributed by atoms with E-state index in [1.165, 1.54) is 6.07 Å². The van der Waals surface area contributed by atoms with Crippen molar-refractivity contribution in [2.45, 2.75) is 13.3 Å². The van der Waals surface area contributed by atoms with Crippen LogP contribution in [-0.4, -0.2) is 30.4 Å². The Hall–Kier alpha value is -2.35. The van der Waals surface area contributed by atoms with E-state index in [0.29, 0.717) is 29.2 Å². The van der Waals surface area contributed by atoms with Crippen molar-refractivity contribution in [2.24, 2.45) is 5.10 Å². The van der Waals surface area contributed by atoms with Gasteiger partial charge in [0.15, 0.2) is 11.5 Å². The second kappa shape index (κ2) is 7.77. The number of H-pyrrole nitrogens is 1. The van der Waals surface area contributed by atoms with Gasteiger partial charge in [0.1, 0.15) is 0 Å². The molecule has 7 nitrogen and oxygen atoms in total. The Kier molecular flexibility index (Phi) is 5.75. The minimum atomic E-state index is -0.226. The number of halogens is 1. The first-order valence-electron chi connectivity index (χ1n) is 6.88. The van der Waals surface area contributed by atoms with Crippen LogP contribution < -0.4 is 20.5 Å². The molecule has 0 unspecified atom stereocenters. The van der Waals surface area contributed by atoms with Crippen LogP contribution in [0.1, 0.15) is 18.2 Å². The summed E-state index contributed by atoms with van der Waals surface area (Å²) in [6, 6.07) is 5.09. The molecule has 1 aromatic heterocycles.